The molecule has 138 valence electrons. The predicted octanol–water partition coefficient (Wildman–Crippen LogP) is 4.15. The van der Waals surface area contributed by atoms with Crippen LogP contribution >= 0.6 is 11.6 Å². The van der Waals surface area contributed by atoms with Crippen molar-refractivity contribution in [3.63, 3.8) is 0 Å². The summed E-state index contributed by atoms with van der Waals surface area (Å²) in [4.78, 5) is 23.4. The van der Waals surface area contributed by atoms with E-state index in [1.54, 1.807) is 38.1 Å². The first-order chi connectivity index (χ1) is 12.4. The number of benzene rings is 2. The van der Waals surface area contributed by atoms with Crippen LogP contribution in [0.5, 0.6) is 11.5 Å². The number of rotatable bonds is 7. The Bertz CT molecular complexity index is 808. The van der Waals surface area contributed by atoms with Gasteiger partial charge in [-0.05, 0) is 31.5 Å². The van der Waals surface area contributed by atoms with Crippen molar-refractivity contribution >= 4 is 23.2 Å². The standard InChI is InChI=1S/C18H19ClN2O5/c1-4-26-17-9-14(15(21(23)24)10-16(17)25-3)18(22)20-11(2)12-5-7-13(19)8-6-12/h5-11H,4H2,1-3H3,(H,20,22). The fraction of sp³-hybridized carbons (Fsp3) is 0.278. The van der Waals surface area contributed by atoms with Crippen LogP contribution in [-0.4, -0.2) is 24.5 Å². The second-order valence-corrected chi connectivity index (χ2v) is 5.89. The van der Waals surface area contributed by atoms with E-state index in [9.17, 15) is 14.9 Å². The van der Waals surface area contributed by atoms with E-state index in [4.69, 9.17) is 21.1 Å². The summed E-state index contributed by atoms with van der Waals surface area (Å²) in [6.45, 7) is 3.87. The molecular weight excluding hydrogens is 360 g/mol. The molecule has 7 nitrogen and oxygen atoms in total. The fourth-order valence-electron chi connectivity index (χ4n) is 2.42. The van der Waals surface area contributed by atoms with E-state index in [-0.39, 0.29) is 28.8 Å². The van der Waals surface area contributed by atoms with E-state index in [1.807, 2.05) is 0 Å². The molecule has 0 fully saturated rings. The Labute approximate surface area is 156 Å². The molecular formula is C18H19ClN2O5. The molecule has 2 aromatic carbocycles. The number of nitrogens with zero attached hydrogens (tertiary/aromatic N) is 1. The van der Waals surface area contributed by atoms with Crippen LogP contribution < -0.4 is 14.8 Å². The summed E-state index contributed by atoms with van der Waals surface area (Å²) in [6, 6.07) is 9.13. The Morgan fingerprint density at radius 3 is 2.46 bits per heavy atom. The number of halogens is 1. The van der Waals surface area contributed by atoms with Gasteiger partial charge in [-0.1, -0.05) is 23.7 Å². The molecule has 1 amide bonds. The zero-order chi connectivity index (χ0) is 19.3. The molecule has 0 aliphatic rings. The maximum atomic E-state index is 12.6. The zero-order valence-corrected chi connectivity index (χ0v) is 15.4. The van der Waals surface area contributed by atoms with Crippen LogP contribution in [0.3, 0.4) is 0 Å². The van der Waals surface area contributed by atoms with Crippen LogP contribution in [0.25, 0.3) is 0 Å². The van der Waals surface area contributed by atoms with E-state index in [0.29, 0.717) is 11.6 Å². The molecule has 0 saturated carbocycles. The predicted molar refractivity (Wildman–Crippen MR) is 98.2 cm³/mol. The average molecular weight is 379 g/mol. The third kappa shape index (κ3) is 4.43. The zero-order valence-electron chi connectivity index (χ0n) is 14.6. The normalized spacial score (nSPS) is 11.5. The van der Waals surface area contributed by atoms with Crippen molar-refractivity contribution in [3.05, 3.63) is 62.7 Å². The molecule has 0 bridgehead atoms. The van der Waals surface area contributed by atoms with Gasteiger partial charge in [0.05, 0.1) is 30.7 Å². The summed E-state index contributed by atoms with van der Waals surface area (Å²) < 4.78 is 10.5. The summed E-state index contributed by atoms with van der Waals surface area (Å²) in [6.07, 6.45) is 0. The van der Waals surface area contributed by atoms with Crippen LogP contribution in [-0.2, 0) is 0 Å². The van der Waals surface area contributed by atoms with Gasteiger partial charge in [0, 0.05) is 11.1 Å². The number of carbonyl (C=O) groups is 1. The highest BCUT2D eigenvalue weighted by Gasteiger charge is 2.25. The molecule has 8 heteroatoms. The molecule has 1 N–H and O–H groups in total. The Morgan fingerprint density at radius 1 is 1.27 bits per heavy atom. The van der Waals surface area contributed by atoms with Gasteiger partial charge in [-0.15, -0.1) is 0 Å². The average Bonchev–Trinajstić information content (AvgIpc) is 2.61. The lowest BCUT2D eigenvalue weighted by atomic mass is 10.1. The van der Waals surface area contributed by atoms with E-state index in [2.05, 4.69) is 5.32 Å². The monoisotopic (exact) mass is 378 g/mol. The maximum absolute atomic E-state index is 12.6. The van der Waals surface area contributed by atoms with Gasteiger partial charge in [-0.25, -0.2) is 0 Å². The fourth-order valence-corrected chi connectivity index (χ4v) is 2.55. The van der Waals surface area contributed by atoms with Crippen molar-refractivity contribution in [2.75, 3.05) is 13.7 Å². The molecule has 2 rings (SSSR count). The van der Waals surface area contributed by atoms with Crippen LogP contribution in [0, 0.1) is 10.1 Å². The van der Waals surface area contributed by atoms with Crippen LogP contribution in [0.4, 0.5) is 5.69 Å². The van der Waals surface area contributed by atoms with Crippen LogP contribution in [0.1, 0.15) is 35.8 Å². The molecule has 1 atom stereocenters. The number of amides is 1. The first kappa shape index (κ1) is 19.5. The quantitative estimate of drug-likeness (QED) is 0.577. The molecule has 1 unspecified atom stereocenters. The van der Waals surface area contributed by atoms with E-state index in [1.165, 1.54) is 19.2 Å². The molecule has 0 aliphatic carbocycles. The van der Waals surface area contributed by atoms with Gasteiger partial charge in [0.2, 0.25) is 0 Å². The molecule has 0 heterocycles. The molecule has 0 spiro atoms. The summed E-state index contributed by atoms with van der Waals surface area (Å²) in [7, 11) is 1.38. The largest absolute Gasteiger partial charge is 0.493 e. The third-order valence-corrected chi connectivity index (χ3v) is 3.99. The number of ether oxygens (including phenoxy) is 2. The Balaban J connectivity index is 2.35. The number of nitro groups is 1. The van der Waals surface area contributed by atoms with Gasteiger partial charge in [0.1, 0.15) is 5.56 Å². The number of nitro benzene ring substituents is 1. The minimum atomic E-state index is -0.625. The SMILES string of the molecule is CCOc1cc(C(=O)NC(C)c2ccc(Cl)cc2)c([N+](=O)[O-])cc1OC. The lowest BCUT2D eigenvalue weighted by Gasteiger charge is -2.16. The lowest BCUT2D eigenvalue weighted by molar-refractivity contribution is -0.385. The lowest BCUT2D eigenvalue weighted by Crippen LogP contribution is -2.27. The van der Waals surface area contributed by atoms with E-state index < -0.39 is 10.8 Å². The van der Waals surface area contributed by atoms with E-state index in [0.717, 1.165) is 5.56 Å². The topological polar surface area (TPSA) is 90.7 Å². The van der Waals surface area contributed by atoms with Gasteiger partial charge in [0.15, 0.2) is 11.5 Å². The smallest absolute Gasteiger partial charge is 0.286 e. The molecule has 0 saturated heterocycles. The van der Waals surface area contributed by atoms with Gasteiger partial charge in [-0.3, -0.25) is 14.9 Å². The highest BCUT2D eigenvalue weighted by atomic mass is 35.5. The third-order valence-electron chi connectivity index (χ3n) is 3.74. The highest BCUT2D eigenvalue weighted by molar-refractivity contribution is 6.30. The second kappa shape index (κ2) is 8.53. The first-order valence-corrected chi connectivity index (χ1v) is 8.30. The number of nitrogens with one attached hydrogen (secondary N) is 1. The molecule has 0 aliphatic heterocycles. The number of methoxy groups -OCH3 is 1. The summed E-state index contributed by atoms with van der Waals surface area (Å²) in [5.74, 6) is -0.117. The number of hydrogen-bond acceptors (Lipinski definition) is 5. The van der Waals surface area contributed by atoms with Gasteiger partial charge < -0.3 is 14.8 Å². The van der Waals surface area contributed by atoms with E-state index >= 15 is 0 Å². The van der Waals surface area contributed by atoms with Crippen LogP contribution in [0.2, 0.25) is 5.02 Å². The van der Waals surface area contributed by atoms with Crippen molar-refractivity contribution < 1.29 is 19.2 Å². The van der Waals surface area contributed by atoms with Crippen molar-refractivity contribution in [1.29, 1.82) is 0 Å². The Kier molecular flexibility index (Phi) is 6.41. The van der Waals surface area contributed by atoms with Gasteiger partial charge in [-0.2, -0.15) is 0 Å². The van der Waals surface area contributed by atoms with Crippen molar-refractivity contribution in [1.82, 2.24) is 5.32 Å². The summed E-state index contributed by atoms with van der Waals surface area (Å²) in [5, 5.41) is 14.7. The molecule has 26 heavy (non-hydrogen) atoms. The van der Waals surface area contributed by atoms with Crippen LogP contribution in [0.15, 0.2) is 36.4 Å². The molecule has 2 aromatic rings. The van der Waals surface area contributed by atoms with Crippen molar-refractivity contribution in [2.24, 2.45) is 0 Å². The van der Waals surface area contributed by atoms with Gasteiger partial charge in [0.25, 0.3) is 11.6 Å². The van der Waals surface area contributed by atoms with Gasteiger partial charge >= 0.3 is 0 Å². The second-order valence-electron chi connectivity index (χ2n) is 5.46. The van der Waals surface area contributed by atoms with Crippen molar-refractivity contribution in [2.45, 2.75) is 19.9 Å². The first-order valence-electron chi connectivity index (χ1n) is 7.92. The highest BCUT2D eigenvalue weighted by Crippen LogP contribution is 2.35. The molecule has 0 aromatic heterocycles. The molecule has 0 radical (unpaired) electrons. The Morgan fingerprint density at radius 2 is 1.92 bits per heavy atom. The Hall–Kier alpha value is -2.80. The number of hydrogen-bond donors (Lipinski definition) is 1. The maximum Gasteiger partial charge on any atom is 0.286 e. The minimum Gasteiger partial charge on any atom is -0.493 e. The minimum absolute atomic E-state index is 0.0972. The number of carbonyl (C=O) groups excluding carboxylic acids is 1. The summed E-state index contributed by atoms with van der Waals surface area (Å²) >= 11 is 5.86. The van der Waals surface area contributed by atoms with Crippen molar-refractivity contribution in [3.8, 4) is 11.5 Å². The summed E-state index contributed by atoms with van der Waals surface area (Å²) in [5.41, 5.74) is 0.370.